The van der Waals surface area contributed by atoms with E-state index in [0.29, 0.717) is 30.6 Å². The molecule has 4 aromatic rings. The molecular weight excluding hydrogens is 408 g/mol. The van der Waals surface area contributed by atoms with Gasteiger partial charge in [-0.15, -0.1) is 0 Å². The summed E-state index contributed by atoms with van der Waals surface area (Å²) in [5.41, 5.74) is 3.67. The molecule has 0 fully saturated rings. The van der Waals surface area contributed by atoms with Crippen LogP contribution in [-0.4, -0.2) is 19.7 Å². The van der Waals surface area contributed by atoms with Gasteiger partial charge in [0.1, 0.15) is 6.10 Å². The van der Waals surface area contributed by atoms with E-state index in [1.165, 1.54) is 0 Å². The van der Waals surface area contributed by atoms with Crippen LogP contribution in [0.5, 0.6) is 0 Å². The van der Waals surface area contributed by atoms with Gasteiger partial charge in [-0.25, -0.2) is 4.98 Å². The first-order valence-electron chi connectivity index (χ1n) is 8.58. The van der Waals surface area contributed by atoms with Gasteiger partial charge in [0.05, 0.1) is 25.2 Å². The minimum absolute atomic E-state index is 0.0145. The van der Waals surface area contributed by atoms with E-state index >= 15 is 0 Å². The summed E-state index contributed by atoms with van der Waals surface area (Å²) in [7, 11) is 0. The largest absolute Gasteiger partial charge is 0.365 e. The van der Waals surface area contributed by atoms with Crippen LogP contribution in [0.25, 0.3) is 23.0 Å². The third-order valence-corrected chi connectivity index (χ3v) is 5.11. The first kappa shape index (κ1) is 16.4. The minimum Gasteiger partial charge on any atom is -0.365 e. The predicted molar refractivity (Wildman–Crippen MR) is 103 cm³/mol. The summed E-state index contributed by atoms with van der Waals surface area (Å²) >= 11 is 3.46. The SMILES string of the molecule is Brc1cccc(-c2noc(-c3ncn4c3CO[C@@H](c3ccccc3)C4)n2)c1. The molecule has 6 nitrogen and oxygen atoms in total. The van der Waals surface area contributed by atoms with Crippen molar-refractivity contribution < 1.29 is 9.26 Å². The molecule has 3 heterocycles. The molecule has 0 spiro atoms. The second-order valence-corrected chi connectivity index (χ2v) is 7.25. The molecule has 0 unspecified atom stereocenters. The van der Waals surface area contributed by atoms with Gasteiger partial charge in [-0.05, 0) is 17.7 Å². The van der Waals surface area contributed by atoms with Crippen molar-refractivity contribution >= 4 is 15.9 Å². The Kier molecular flexibility index (Phi) is 4.10. The van der Waals surface area contributed by atoms with Crippen LogP contribution in [0.2, 0.25) is 0 Å². The van der Waals surface area contributed by atoms with Crippen LogP contribution in [0.1, 0.15) is 17.4 Å². The number of benzene rings is 2. The average Bonchev–Trinajstić information content (AvgIpc) is 3.35. The summed E-state index contributed by atoms with van der Waals surface area (Å²) in [6.45, 7) is 1.16. The fourth-order valence-corrected chi connectivity index (χ4v) is 3.64. The molecule has 2 aromatic carbocycles. The number of imidazole rings is 1. The van der Waals surface area contributed by atoms with Crippen molar-refractivity contribution in [1.82, 2.24) is 19.7 Å². The summed E-state index contributed by atoms with van der Waals surface area (Å²) < 4.78 is 14.6. The Labute approximate surface area is 163 Å². The van der Waals surface area contributed by atoms with Crippen molar-refractivity contribution in [2.75, 3.05) is 0 Å². The van der Waals surface area contributed by atoms with Crippen LogP contribution < -0.4 is 0 Å². The lowest BCUT2D eigenvalue weighted by Gasteiger charge is -2.25. The summed E-state index contributed by atoms with van der Waals surface area (Å²) in [5.74, 6) is 0.937. The molecule has 0 amide bonds. The van der Waals surface area contributed by atoms with Gasteiger partial charge in [0.15, 0.2) is 5.69 Å². The van der Waals surface area contributed by atoms with Crippen molar-refractivity contribution in [3.8, 4) is 23.0 Å². The number of halogens is 1. The van der Waals surface area contributed by atoms with Crippen LogP contribution >= 0.6 is 15.9 Å². The highest BCUT2D eigenvalue weighted by Crippen LogP contribution is 2.32. The van der Waals surface area contributed by atoms with Gasteiger partial charge in [0.25, 0.3) is 5.89 Å². The second-order valence-electron chi connectivity index (χ2n) is 6.34. The van der Waals surface area contributed by atoms with E-state index in [9.17, 15) is 0 Å². The van der Waals surface area contributed by atoms with Crippen molar-refractivity contribution in [1.29, 1.82) is 0 Å². The zero-order chi connectivity index (χ0) is 18.2. The number of hydrogen-bond acceptors (Lipinski definition) is 5. The number of nitrogens with zero attached hydrogens (tertiary/aromatic N) is 4. The van der Waals surface area contributed by atoms with E-state index in [1.54, 1.807) is 0 Å². The monoisotopic (exact) mass is 422 g/mol. The van der Waals surface area contributed by atoms with Gasteiger partial charge in [0.2, 0.25) is 5.82 Å². The predicted octanol–water partition coefficient (Wildman–Crippen LogP) is 4.63. The molecule has 7 heteroatoms. The van der Waals surface area contributed by atoms with Gasteiger partial charge >= 0.3 is 0 Å². The third kappa shape index (κ3) is 3.09. The molecular formula is C20H15BrN4O2. The van der Waals surface area contributed by atoms with Gasteiger partial charge in [0, 0.05) is 10.0 Å². The molecule has 0 aliphatic carbocycles. The Morgan fingerprint density at radius 2 is 1.96 bits per heavy atom. The molecule has 0 N–H and O–H groups in total. The van der Waals surface area contributed by atoms with Gasteiger partial charge in [-0.3, -0.25) is 0 Å². The Bertz CT molecular complexity index is 1090. The van der Waals surface area contributed by atoms with Crippen LogP contribution in [0, 0.1) is 0 Å². The number of aromatic nitrogens is 4. The molecule has 0 saturated heterocycles. The number of rotatable bonds is 3. The van der Waals surface area contributed by atoms with E-state index in [2.05, 4.69) is 47.8 Å². The molecule has 134 valence electrons. The lowest BCUT2D eigenvalue weighted by atomic mass is 10.1. The van der Waals surface area contributed by atoms with Crippen LogP contribution in [0.3, 0.4) is 0 Å². The maximum atomic E-state index is 6.06. The highest BCUT2D eigenvalue weighted by molar-refractivity contribution is 9.10. The van der Waals surface area contributed by atoms with E-state index in [4.69, 9.17) is 9.26 Å². The van der Waals surface area contributed by atoms with Crippen molar-refractivity contribution in [3.05, 3.63) is 76.7 Å². The molecule has 0 radical (unpaired) electrons. The molecule has 2 aromatic heterocycles. The Hall–Kier alpha value is -2.77. The Morgan fingerprint density at radius 1 is 1.07 bits per heavy atom. The standard InChI is InChI=1S/C20H15BrN4O2/c21-15-8-4-7-14(9-15)19-23-20(27-24-19)18-16-11-26-17(10-25(16)12-22-18)13-5-2-1-3-6-13/h1-9,12,17H,10-11H2/t17-/m1/s1. The topological polar surface area (TPSA) is 66.0 Å². The van der Waals surface area contributed by atoms with Crippen molar-refractivity contribution in [2.45, 2.75) is 19.3 Å². The highest BCUT2D eigenvalue weighted by atomic mass is 79.9. The molecule has 0 bridgehead atoms. The van der Waals surface area contributed by atoms with E-state index in [0.717, 1.165) is 21.3 Å². The summed E-state index contributed by atoms with van der Waals surface area (Å²) in [4.78, 5) is 9.02. The first-order valence-corrected chi connectivity index (χ1v) is 9.38. The first-order chi connectivity index (χ1) is 13.3. The molecule has 1 atom stereocenters. The van der Waals surface area contributed by atoms with E-state index in [1.807, 2.05) is 48.8 Å². The number of hydrogen-bond donors (Lipinski definition) is 0. The van der Waals surface area contributed by atoms with Crippen LogP contribution in [0.15, 0.2) is 69.9 Å². The van der Waals surface area contributed by atoms with Crippen molar-refractivity contribution in [2.24, 2.45) is 0 Å². The quantitative estimate of drug-likeness (QED) is 0.481. The maximum absolute atomic E-state index is 6.06. The highest BCUT2D eigenvalue weighted by Gasteiger charge is 2.26. The molecule has 1 aliphatic heterocycles. The van der Waals surface area contributed by atoms with Crippen LogP contribution in [0.4, 0.5) is 0 Å². The maximum Gasteiger partial charge on any atom is 0.278 e. The summed E-state index contributed by atoms with van der Waals surface area (Å²) in [5, 5.41) is 4.10. The fraction of sp³-hybridized carbons (Fsp3) is 0.150. The minimum atomic E-state index is 0.0145. The smallest absolute Gasteiger partial charge is 0.278 e. The Balaban J connectivity index is 1.43. The molecule has 1 aliphatic rings. The lowest BCUT2D eigenvalue weighted by molar-refractivity contribution is 0.00330. The zero-order valence-electron chi connectivity index (χ0n) is 14.2. The summed E-state index contributed by atoms with van der Waals surface area (Å²) in [6, 6.07) is 18.0. The average molecular weight is 423 g/mol. The zero-order valence-corrected chi connectivity index (χ0v) is 15.8. The second kappa shape index (κ2) is 6.75. The van der Waals surface area contributed by atoms with Crippen molar-refractivity contribution in [3.63, 3.8) is 0 Å². The normalized spacial score (nSPS) is 16.3. The molecule has 5 rings (SSSR count). The lowest BCUT2D eigenvalue weighted by Crippen LogP contribution is -2.20. The third-order valence-electron chi connectivity index (χ3n) is 4.61. The molecule has 0 saturated carbocycles. The van der Waals surface area contributed by atoms with Gasteiger partial charge in [-0.2, -0.15) is 4.98 Å². The number of fused-ring (bicyclic) bond motifs is 1. The Morgan fingerprint density at radius 3 is 2.81 bits per heavy atom. The van der Waals surface area contributed by atoms with Gasteiger partial charge < -0.3 is 13.8 Å². The van der Waals surface area contributed by atoms with Gasteiger partial charge in [-0.1, -0.05) is 63.6 Å². The summed E-state index contributed by atoms with van der Waals surface area (Å²) in [6.07, 6.45) is 1.83. The number of ether oxygens (including phenoxy) is 1. The van der Waals surface area contributed by atoms with E-state index in [-0.39, 0.29) is 6.10 Å². The van der Waals surface area contributed by atoms with E-state index < -0.39 is 0 Å². The molecule has 27 heavy (non-hydrogen) atoms. The fourth-order valence-electron chi connectivity index (χ4n) is 3.24. The van der Waals surface area contributed by atoms with Crippen LogP contribution in [-0.2, 0) is 17.9 Å².